The lowest BCUT2D eigenvalue weighted by molar-refractivity contribution is 0.0949. The molecule has 0 aromatic heterocycles. The average molecular weight is 271 g/mol. The number of benzene rings is 1. The average Bonchev–Trinajstić information content (AvgIpc) is 2.43. The summed E-state index contributed by atoms with van der Waals surface area (Å²) in [6.07, 6.45) is 8.89. The molecule has 2 rings (SSSR count). The van der Waals surface area contributed by atoms with Gasteiger partial charge in [0, 0.05) is 18.2 Å². The summed E-state index contributed by atoms with van der Waals surface area (Å²) < 4.78 is 0. The Balaban J connectivity index is 2.15. The van der Waals surface area contributed by atoms with Gasteiger partial charge in [-0.2, -0.15) is 0 Å². The normalized spacial score (nSPS) is 16.8. The van der Waals surface area contributed by atoms with Crippen LogP contribution in [0.5, 0.6) is 0 Å². The largest absolute Gasteiger partial charge is 0.294 e. The number of aryl methyl sites for hydroxylation is 2. The molecule has 2 nitrogen and oxygen atoms in total. The maximum atomic E-state index is 12.5. The molecule has 1 fully saturated rings. The van der Waals surface area contributed by atoms with Gasteiger partial charge in [0.25, 0.3) is 0 Å². The molecule has 1 aromatic carbocycles. The number of aliphatic imine (C=N–C) groups is 1. The summed E-state index contributed by atoms with van der Waals surface area (Å²) >= 11 is 0. The molecule has 0 bridgehead atoms. The Labute approximate surface area is 122 Å². The molecule has 108 valence electrons. The Morgan fingerprint density at radius 1 is 1.20 bits per heavy atom. The monoisotopic (exact) mass is 271 g/mol. The predicted octanol–water partition coefficient (Wildman–Crippen LogP) is 5.18. The fourth-order valence-electron chi connectivity index (χ4n) is 3.14. The van der Waals surface area contributed by atoms with Crippen LogP contribution in [-0.4, -0.2) is 12.0 Å². The van der Waals surface area contributed by atoms with Crippen LogP contribution in [0.4, 0.5) is 5.69 Å². The Bertz CT molecular complexity index is 510. The van der Waals surface area contributed by atoms with E-state index in [9.17, 15) is 4.79 Å². The smallest absolute Gasteiger partial charge is 0.163 e. The SMILES string of the molecule is C/C=N/c1cc(C)c(C(=O)CC2CCCCC2)cc1C. The molecule has 1 aliphatic rings. The summed E-state index contributed by atoms with van der Waals surface area (Å²) in [5.74, 6) is 0.911. The number of rotatable bonds is 4. The summed E-state index contributed by atoms with van der Waals surface area (Å²) in [5, 5.41) is 0. The van der Waals surface area contributed by atoms with Crippen LogP contribution < -0.4 is 0 Å². The van der Waals surface area contributed by atoms with Crippen LogP contribution in [0.15, 0.2) is 17.1 Å². The van der Waals surface area contributed by atoms with Gasteiger partial charge in [0.15, 0.2) is 5.78 Å². The van der Waals surface area contributed by atoms with Gasteiger partial charge in [-0.1, -0.05) is 32.1 Å². The Kier molecular flexibility index (Phi) is 5.11. The van der Waals surface area contributed by atoms with Gasteiger partial charge in [-0.25, -0.2) is 0 Å². The van der Waals surface area contributed by atoms with Crippen LogP contribution >= 0.6 is 0 Å². The molecule has 1 saturated carbocycles. The third-order valence-corrected chi connectivity index (χ3v) is 4.31. The van der Waals surface area contributed by atoms with E-state index < -0.39 is 0 Å². The summed E-state index contributed by atoms with van der Waals surface area (Å²) in [6.45, 7) is 5.96. The van der Waals surface area contributed by atoms with Crippen molar-refractivity contribution in [3.8, 4) is 0 Å². The Hall–Kier alpha value is -1.44. The minimum Gasteiger partial charge on any atom is -0.294 e. The molecule has 0 amide bonds. The van der Waals surface area contributed by atoms with E-state index in [1.807, 2.05) is 32.9 Å². The van der Waals surface area contributed by atoms with Crippen LogP contribution in [0.3, 0.4) is 0 Å². The first-order chi connectivity index (χ1) is 9.61. The van der Waals surface area contributed by atoms with Crippen LogP contribution in [0.2, 0.25) is 0 Å². The van der Waals surface area contributed by atoms with Gasteiger partial charge in [0.2, 0.25) is 0 Å². The number of hydrogen-bond donors (Lipinski definition) is 0. The van der Waals surface area contributed by atoms with Gasteiger partial charge in [0.05, 0.1) is 5.69 Å². The second kappa shape index (κ2) is 6.83. The van der Waals surface area contributed by atoms with Crippen LogP contribution in [0.25, 0.3) is 0 Å². The molecule has 0 unspecified atom stereocenters. The first kappa shape index (κ1) is 15.0. The maximum absolute atomic E-state index is 12.5. The number of carbonyl (C=O) groups excluding carboxylic acids is 1. The predicted molar refractivity (Wildman–Crippen MR) is 85.3 cm³/mol. The van der Waals surface area contributed by atoms with Crippen molar-refractivity contribution in [1.29, 1.82) is 0 Å². The highest BCUT2D eigenvalue weighted by Gasteiger charge is 2.19. The van der Waals surface area contributed by atoms with Crippen molar-refractivity contribution in [2.24, 2.45) is 10.9 Å². The molecule has 0 atom stereocenters. The first-order valence-corrected chi connectivity index (χ1v) is 7.75. The Morgan fingerprint density at radius 3 is 2.55 bits per heavy atom. The van der Waals surface area contributed by atoms with Gasteiger partial charge < -0.3 is 0 Å². The fraction of sp³-hybridized carbons (Fsp3) is 0.556. The number of Topliss-reactive ketones (excluding diaryl/α,β-unsaturated/α-hetero) is 1. The quantitative estimate of drug-likeness (QED) is 0.548. The number of carbonyl (C=O) groups is 1. The molecule has 20 heavy (non-hydrogen) atoms. The fourth-order valence-corrected chi connectivity index (χ4v) is 3.14. The highest BCUT2D eigenvalue weighted by molar-refractivity contribution is 5.98. The highest BCUT2D eigenvalue weighted by atomic mass is 16.1. The molecular weight excluding hydrogens is 246 g/mol. The van der Waals surface area contributed by atoms with Gasteiger partial charge >= 0.3 is 0 Å². The zero-order valence-electron chi connectivity index (χ0n) is 12.9. The summed E-state index contributed by atoms with van der Waals surface area (Å²) in [4.78, 5) is 16.9. The van der Waals surface area contributed by atoms with Gasteiger partial charge in [-0.3, -0.25) is 9.79 Å². The molecular formula is C18H25NO. The summed E-state index contributed by atoms with van der Waals surface area (Å²) in [5.41, 5.74) is 4.00. The summed E-state index contributed by atoms with van der Waals surface area (Å²) in [6, 6.07) is 4.05. The topological polar surface area (TPSA) is 29.4 Å². The lowest BCUT2D eigenvalue weighted by atomic mass is 9.84. The lowest BCUT2D eigenvalue weighted by Gasteiger charge is -2.21. The third kappa shape index (κ3) is 3.56. The maximum Gasteiger partial charge on any atom is 0.163 e. The first-order valence-electron chi connectivity index (χ1n) is 7.75. The van der Waals surface area contributed by atoms with E-state index in [0.717, 1.165) is 28.8 Å². The van der Waals surface area contributed by atoms with Crippen molar-refractivity contribution in [1.82, 2.24) is 0 Å². The molecule has 0 saturated heterocycles. The van der Waals surface area contributed by atoms with Crippen molar-refractivity contribution in [2.45, 2.75) is 59.3 Å². The standard InChI is InChI=1S/C18H25NO/c1-4-19-17-11-13(2)16(10-14(17)3)18(20)12-15-8-6-5-7-9-15/h4,10-11,15H,5-9,12H2,1-3H3/b19-4+. The minimum atomic E-state index is 0.310. The van der Waals surface area contributed by atoms with Gasteiger partial charge in [-0.05, 0) is 49.9 Å². The van der Waals surface area contributed by atoms with Crippen LogP contribution in [-0.2, 0) is 0 Å². The third-order valence-electron chi connectivity index (χ3n) is 4.31. The lowest BCUT2D eigenvalue weighted by Crippen LogP contribution is -2.13. The van der Waals surface area contributed by atoms with Gasteiger partial charge in [0.1, 0.15) is 0 Å². The molecule has 0 N–H and O–H groups in total. The molecule has 2 heteroatoms. The van der Waals surface area contributed by atoms with Crippen molar-refractivity contribution < 1.29 is 4.79 Å². The van der Waals surface area contributed by atoms with Crippen LogP contribution in [0.1, 0.15) is 66.9 Å². The highest BCUT2D eigenvalue weighted by Crippen LogP contribution is 2.29. The number of nitrogens with zero attached hydrogens (tertiary/aromatic N) is 1. The van der Waals surface area contributed by atoms with E-state index in [-0.39, 0.29) is 0 Å². The number of hydrogen-bond acceptors (Lipinski definition) is 2. The molecule has 1 aromatic rings. The van der Waals surface area contributed by atoms with E-state index in [4.69, 9.17) is 0 Å². The zero-order chi connectivity index (χ0) is 14.5. The van der Waals surface area contributed by atoms with E-state index in [2.05, 4.69) is 4.99 Å². The van der Waals surface area contributed by atoms with E-state index in [1.54, 1.807) is 6.21 Å². The Morgan fingerprint density at radius 2 is 1.90 bits per heavy atom. The molecule has 0 spiro atoms. The van der Waals surface area contributed by atoms with Crippen molar-refractivity contribution >= 4 is 17.7 Å². The zero-order valence-corrected chi connectivity index (χ0v) is 12.9. The van der Waals surface area contributed by atoms with Crippen molar-refractivity contribution in [3.63, 3.8) is 0 Å². The van der Waals surface area contributed by atoms with E-state index in [0.29, 0.717) is 11.7 Å². The molecule has 0 radical (unpaired) electrons. The van der Waals surface area contributed by atoms with E-state index in [1.165, 1.54) is 32.1 Å². The van der Waals surface area contributed by atoms with Gasteiger partial charge in [-0.15, -0.1) is 0 Å². The van der Waals surface area contributed by atoms with Crippen molar-refractivity contribution in [2.75, 3.05) is 0 Å². The second-order valence-electron chi connectivity index (χ2n) is 5.97. The second-order valence-corrected chi connectivity index (χ2v) is 5.97. The van der Waals surface area contributed by atoms with E-state index >= 15 is 0 Å². The molecule has 1 aliphatic carbocycles. The molecule has 0 heterocycles. The minimum absolute atomic E-state index is 0.310. The van der Waals surface area contributed by atoms with Crippen molar-refractivity contribution in [3.05, 3.63) is 28.8 Å². The summed E-state index contributed by atoms with van der Waals surface area (Å²) in [7, 11) is 0. The van der Waals surface area contributed by atoms with Crippen LogP contribution in [0, 0.1) is 19.8 Å². The molecule has 0 aliphatic heterocycles. The number of ketones is 1.